The van der Waals surface area contributed by atoms with Crippen molar-refractivity contribution >= 4 is 17.6 Å². The molecule has 1 atom stereocenters. The van der Waals surface area contributed by atoms with Crippen LogP contribution in [0.15, 0.2) is 54.9 Å². The normalized spacial score (nSPS) is 11.7. The second-order valence-corrected chi connectivity index (χ2v) is 6.35. The summed E-state index contributed by atoms with van der Waals surface area (Å²) in [5.74, 6) is -0.210. The summed E-state index contributed by atoms with van der Waals surface area (Å²) in [7, 11) is 0. The average Bonchev–Trinajstić information content (AvgIpc) is 3.19. The number of H-pyrrole nitrogens is 1. The molecule has 0 saturated heterocycles. The van der Waals surface area contributed by atoms with Gasteiger partial charge in [-0.2, -0.15) is 0 Å². The fraction of sp³-hybridized carbons (Fsp3) is 0.190. The number of hydrogen-bond donors (Lipinski definition) is 2. The van der Waals surface area contributed by atoms with Crippen molar-refractivity contribution in [2.45, 2.75) is 26.9 Å². The highest BCUT2D eigenvalue weighted by Crippen LogP contribution is 2.17. The van der Waals surface area contributed by atoms with Crippen LogP contribution in [-0.2, 0) is 9.53 Å². The van der Waals surface area contributed by atoms with Crippen molar-refractivity contribution in [1.82, 2.24) is 9.97 Å². The van der Waals surface area contributed by atoms with Gasteiger partial charge >= 0.3 is 5.97 Å². The van der Waals surface area contributed by atoms with Crippen LogP contribution in [0.5, 0.6) is 0 Å². The molecule has 1 unspecified atom stereocenters. The highest BCUT2D eigenvalue weighted by molar-refractivity contribution is 5.97. The smallest absolute Gasteiger partial charge is 0.338 e. The second kappa shape index (κ2) is 7.86. The Hall–Kier alpha value is -3.41. The highest BCUT2D eigenvalue weighted by atomic mass is 16.5. The number of aromatic amines is 1. The summed E-state index contributed by atoms with van der Waals surface area (Å²) in [6, 6.07) is 12.5. The van der Waals surface area contributed by atoms with Gasteiger partial charge in [0.15, 0.2) is 6.10 Å². The van der Waals surface area contributed by atoms with Crippen LogP contribution in [0, 0.1) is 13.8 Å². The van der Waals surface area contributed by atoms with Crippen LogP contribution in [0.2, 0.25) is 0 Å². The maximum atomic E-state index is 12.3. The van der Waals surface area contributed by atoms with Crippen molar-refractivity contribution < 1.29 is 14.3 Å². The first kappa shape index (κ1) is 18.4. The molecule has 6 nitrogen and oxygen atoms in total. The Morgan fingerprint density at radius 2 is 1.81 bits per heavy atom. The fourth-order valence-electron chi connectivity index (χ4n) is 2.53. The topological polar surface area (TPSA) is 84.1 Å². The van der Waals surface area contributed by atoms with E-state index in [0.717, 1.165) is 22.5 Å². The van der Waals surface area contributed by atoms with E-state index < -0.39 is 12.1 Å². The number of esters is 1. The summed E-state index contributed by atoms with van der Waals surface area (Å²) in [4.78, 5) is 31.7. The molecule has 0 spiro atoms. The third kappa shape index (κ3) is 4.41. The number of rotatable bonds is 5. The minimum atomic E-state index is -0.913. The molecule has 0 aliphatic heterocycles. The van der Waals surface area contributed by atoms with Gasteiger partial charge in [-0.15, -0.1) is 0 Å². The lowest BCUT2D eigenvalue weighted by Gasteiger charge is -2.14. The van der Waals surface area contributed by atoms with Crippen LogP contribution in [0.4, 0.5) is 5.69 Å². The molecule has 6 heteroatoms. The molecule has 2 N–H and O–H groups in total. The summed E-state index contributed by atoms with van der Waals surface area (Å²) >= 11 is 0. The minimum absolute atomic E-state index is 0.371. The predicted molar refractivity (Wildman–Crippen MR) is 103 cm³/mol. The predicted octanol–water partition coefficient (Wildman–Crippen LogP) is 3.88. The molecule has 27 heavy (non-hydrogen) atoms. The van der Waals surface area contributed by atoms with Crippen molar-refractivity contribution in [3.05, 3.63) is 71.5 Å². The van der Waals surface area contributed by atoms with Crippen LogP contribution in [0.1, 0.15) is 28.4 Å². The van der Waals surface area contributed by atoms with Crippen LogP contribution in [0.3, 0.4) is 0 Å². The molecule has 3 aromatic rings. The molecule has 0 fully saturated rings. The van der Waals surface area contributed by atoms with Crippen molar-refractivity contribution in [3.63, 3.8) is 0 Å². The molecule has 1 aromatic heterocycles. The van der Waals surface area contributed by atoms with Gasteiger partial charge in [0.2, 0.25) is 0 Å². The van der Waals surface area contributed by atoms with Gasteiger partial charge in [-0.25, -0.2) is 9.78 Å². The average molecular weight is 363 g/mol. The number of benzene rings is 2. The van der Waals surface area contributed by atoms with E-state index >= 15 is 0 Å². The summed E-state index contributed by atoms with van der Waals surface area (Å²) < 4.78 is 5.28. The zero-order chi connectivity index (χ0) is 19.4. The van der Waals surface area contributed by atoms with Crippen molar-refractivity contribution in [3.8, 4) is 11.4 Å². The summed E-state index contributed by atoms with van der Waals surface area (Å²) in [5, 5.41) is 2.77. The first-order valence-corrected chi connectivity index (χ1v) is 8.63. The lowest BCUT2D eigenvalue weighted by atomic mass is 10.1. The molecule has 1 amide bonds. The number of aromatic nitrogens is 2. The zero-order valence-corrected chi connectivity index (χ0v) is 15.4. The van der Waals surface area contributed by atoms with Gasteiger partial charge in [-0.3, -0.25) is 4.79 Å². The Labute approximate surface area is 157 Å². The lowest BCUT2D eigenvalue weighted by Crippen LogP contribution is -2.30. The molecule has 0 bridgehead atoms. The van der Waals surface area contributed by atoms with Crippen LogP contribution in [-0.4, -0.2) is 27.9 Å². The summed E-state index contributed by atoms with van der Waals surface area (Å²) in [6.45, 7) is 5.52. The van der Waals surface area contributed by atoms with Gasteiger partial charge in [0.05, 0.1) is 5.56 Å². The number of amides is 1. The molecule has 0 aliphatic carbocycles. The number of hydrogen-bond acceptors (Lipinski definition) is 4. The number of aryl methyl sites for hydroxylation is 2. The molecular weight excluding hydrogens is 342 g/mol. The first-order valence-electron chi connectivity index (χ1n) is 8.63. The van der Waals surface area contributed by atoms with Gasteiger partial charge in [-0.05, 0) is 56.2 Å². The first-order chi connectivity index (χ1) is 12.9. The molecule has 0 radical (unpaired) electrons. The molecule has 138 valence electrons. The molecule has 0 saturated carbocycles. The van der Waals surface area contributed by atoms with E-state index in [1.807, 2.05) is 32.0 Å². The molecule has 1 heterocycles. The van der Waals surface area contributed by atoms with Crippen molar-refractivity contribution in [2.75, 3.05) is 5.32 Å². The maximum absolute atomic E-state index is 12.3. The number of nitrogens with zero attached hydrogens (tertiary/aromatic N) is 1. The van der Waals surface area contributed by atoms with E-state index in [2.05, 4.69) is 15.3 Å². The number of ether oxygens (including phenoxy) is 1. The minimum Gasteiger partial charge on any atom is -0.449 e. The lowest BCUT2D eigenvalue weighted by molar-refractivity contribution is -0.123. The second-order valence-electron chi connectivity index (χ2n) is 6.35. The number of nitrogens with one attached hydrogen (secondary N) is 2. The number of carbonyl (C=O) groups is 2. The zero-order valence-electron chi connectivity index (χ0n) is 15.4. The van der Waals surface area contributed by atoms with Crippen LogP contribution in [0.25, 0.3) is 11.4 Å². The van der Waals surface area contributed by atoms with E-state index in [-0.39, 0.29) is 5.91 Å². The van der Waals surface area contributed by atoms with Gasteiger partial charge in [-0.1, -0.05) is 18.2 Å². The molecule has 3 rings (SSSR count). The maximum Gasteiger partial charge on any atom is 0.338 e. The Balaban J connectivity index is 1.61. The van der Waals surface area contributed by atoms with E-state index in [9.17, 15) is 9.59 Å². The summed E-state index contributed by atoms with van der Waals surface area (Å²) in [6.07, 6.45) is 2.48. The third-order valence-electron chi connectivity index (χ3n) is 4.32. The molecule has 0 aliphatic rings. The molecule has 2 aromatic carbocycles. The third-order valence-corrected chi connectivity index (χ3v) is 4.32. The fourth-order valence-corrected chi connectivity index (χ4v) is 2.53. The van der Waals surface area contributed by atoms with Crippen molar-refractivity contribution in [2.24, 2.45) is 0 Å². The van der Waals surface area contributed by atoms with Gasteiger partial charge in [0.25, 0.3) is 5.91 Å². The standard InChI is InChI=1S/C21H21N3O3/c1-13-4-9-18(12-14(13)2)24-20(25)15(3)27-21(26)17-7-5-16(6-8-17)19-22-10-11-23-19/h4-12,15H,1-3H3,(H,22,23)(H,24,25). The van der Waals surface area contributed by atoms with Crippen molar-refractivity contribution in [1.29, 1.82) is 0 Å². The molecular formula is C21H21N3O3. The quantitative estimate of drug-likeness (QED) is 0.674. The summed E-state index contributed by atoms with van der Waals surface area (Å²) in [5.41, 5.74) is 4.13. The Kier molecular flexibility index (Phi) is 5.35. The Bertz CT molecular complexity index is 947. The number of imidazole rings is 1. The van der Waals surface area contributed by atoms with Gasteiger partial charge in [0, 0.05) is 23.6 Å². The monoisotopic (exact) mass is 363 g/mol. The van der Waals surface area contributed by atoms with Crippen LogP contribution >= 0.6 is 0 Å². The van der Waals surface area contributed by atoms with Gasteiger partial charge < -0.3 is 15.0 Å². The Morgan fingerprint density at radius 3 is 2.44 bits per heavy atom. The SMILES string of the molecule is Cc1ccc(NC(=O)C(C)OC(=O)c2ccc(-c3ncc[nH]3)cc2)cc1C. The Morgan fingerprint density at radius 1 is 1.07 bits per heavy atom. The number of carbonyl (C=O) groups excluding carboxylic acids is 2. The highest BCUT2D eigenvalue weighted by Gasteiger charge is 2.19. The largest absolute Gasteiger partial charge is 0.449 e. The van der Waals surface area contributed by atoms with E-state index in [4.69, 9.17) is 4.74 Å². The van der Waals surface area contributed by atoms with E-state index in [1.54, 1.807) is 43.6 Å². The van der Waals surface area contributed by atoms with E-state index in [0.29, 0.717) is 11.3 Å². The number of anilines is 1. The van der Waals surface area contributed by atoms with Gasteiger partial charge in [0.1, 0.15) is 5.82 Å². The van der Waals surface area contributed by atoms with E-state index in [1.165, 1.54) is 0 Å². The van der Waals surface area contributed by atoms with Crippen LogP contribution < -0.4 is 5.32 Å².